The maximum atomic E-state index is 13.5. The standard InChI is InChI=1S/C23H19F3N4O2S.C22H17F3N4O3S.C22H17F3N4O2S.C20H16F3N5O2S/c1-14-3-4-16(17-9-10-28-15(2)11-17)12-20(14)21-13-22(23(24,25)26)29-30(21)18-5-7-19(8-6-18)33(27,31)32;1-14-2-3-16(15-8-10-28(30)11-9-15)12-19(14)20-13-21(22(23,24)25)27-29(20)17-4-6-18(7-5-17)33(26,31)32;1-14-2-4-15(5-3-14)16-10-11-27-19(12-16)20-13-21(22(23,24)25)28-29(20)17-6-8-18(9-7-17)32(26,30)31;1-12-2-7-15(17-8-9-25-26-17)16(10-12)18-11-19(20(21,22)23)27-28(18)13-3-5-14(6-4-13)31(24,29)30/h3-13H,1-2H3,(H2,27,31,32);2-13H,1H3,(H2,26,31,32);2-13H,1H3,(H2,26,30,31);2-11H,1H3,(H,25,26)(H2,24,29,30). The monoisotopic (exact) mass is 1850 g/mol. The maximum Gasteiger partial charge on any atom is 0.435 e. The van der Waals surface area contributed by atoms with Gasteiger partial charge in [0, 0.05) is 58.7 Å². The van der Waals surface area contributed by atoms with Crippen LogP contribution in [-0.4, -0.2) is 93.0 Å². The average molecular weight is 1850 g/mol. The first-order chi connectivity index (χ1) is 60.4. The smallest absolute Gasteiger partial charge is 0.435 e. The number of benzene rings is 8. The summed E-state index contributed by atoms with van der Waals surface area (Å²) in [4.78, 5) is 7.79. The summed E-state index contributed by atoms with van der Waals surface area (Å²) in [6.45, 7) is 9.19. The summed E-state index contributed by atoms with van der Waals surface area (Å²) >= 11 is 0. The van der Waals surface area contributed by atoms with E-state index in [1.165, 1.54) is 116 Å². The normalized spacial score (nSPS) is 12.2. The van der Waals surface area contributed by atoms with Crippen LogP contribution in [0.1, 0.15) is 50.7 Å². The molecule has 129 heavy (non-hydrogen) atoms. The van der Waals surface area contributed by atoms with Gasteiger partial charge in [-0.2, -0.15) is 82.9 Å². The minimum atomic E-state index is -4.69. The highest BCUT2D eigenvalue weighted by Gasteiger charge is 2.40. The molecule has 0 fully saturated rings. The molecule has 0 aliphatic carbocycles. The summed E-state index contributed by atoms with van der Waals surface area (Å²) in [5.74, 6) is 0. The fraction of sp³-hybridized carbons (Fsp3) is 0.103. The predicted octanol–water partition coefficient (Wildman–Crippen LogP) is 17.2. The molecule has 0 atom stereocenters. The Kier molecular flexibility index (Phi) is 25.8. The molecule has 16 aromatic rings. The second-order valence-corrected chi connectivity index (χ2v) is 35.2. The fourth-order valence-corrected chi connectivity index (χ4v) is 15.3. The van der Waals surface area contributed by atoms with Gasteiger partial charge in [-0.3, -0.25) is 15.1 Å². The first kappa shape index (κ1) is 92.5. The van der Waals surface area contributed by atoms with E-state index in [1.807, 2.05) is 75.4 Å². The molecular formula is C87H69F12N17O9S4. The van der Waals surface area contributed by atoms with E-state index < -0.39 is 87.6 Å². The van der Waals surface area contributed by atoms with Crippen LogP contribution < -0.4 is 25.3 Å². The molecule has 26 nitrogen and oxygen atoms in total. The number of nitrogens with one attached hydrogen (secondary N) is 1. The average Bonchev–Trinajstić information content (AvgIpc) is 1.63. The molecule has 0 saturated heterocycles. The van der Waals surface area contributed by atoms with Crippen molar-refractivity contribution in [2.24, 2.45) is 20.6 Å². The van der Waals surface area contributed by atoms with Crippen molar-refractivity contribution in [2.45, 2.75) is 78.9 Å². The zero-order valence-corrected chi connectivity index (χ0v) is 70.8. The van der Waals surface area contributed by atoms with E-state index in [4.69, 9.17) is 20.6 Å². The lowest BCUT2D eigenvalue weighted by Gasteiger charge is -2.12. The van der Waals surface area contributed by atoms with Crippen LogP contribution in [0.25, 0.3) is 113 Å². The van der Waals surface area contributed by atoms with E-state index in [0.29, 0.717) is 49.4 Å². The second-order valence-electron chi connectivity index (χ2n) is 29.0. The molecule has 0 amide bonds. The molecule has 0 aliphatic heterocycles. The molecule has 42 heteroatoms. The van der Waals surface area contributed by atoms with Gasteiger partial charge in [0.15, 0.2) is 35.2 Å². The van der Waals surface area contributed by atoms with Crippen molar-refractivity contribution < 1.29 is 91.1 Å². The minimum Gasteiger partial charge on any atom is -0.619 e. The number of H-pyrrole nitrogens is 1. The van der Waals surface area contributed by atoms with Gasteiger partial charge in [-0.1, -0.05) is 71.8 Å². The molecule has 8 aromatic carbocycles. The van der Waals surface area contributed by atoms with Crippen LogP contribution in [0.15, 0.2) is 293 Å². The molecule has 9 N–H and O–H groups in total. The molecule has 16 rings (SSSR count). The Morgan fingerprint density at radius 2 is 0.643 bits per heavy atom. The molecule has 0 bridgehead atoms. The number of aryl methyl sites for hydroxylation is 5. The lowest BCUT2D eigenvalue weighted by Crippen LogP contribution is -2.23. The van der Waals surface area contributed by atoms with Crippen LogP contribution in [-0.2, 0) is 64.8 Å². The Hall–Kier alpha value is -14.1. The molecule has 8 heterocycles. The Morgan fingerprint density at radius 3 is 1.01 bits per heavy atom. The van der Waals surface area contributed by atoms with Crippen molar-refractivity contribution in [3.05, 3.63) is 330 Å². The van der Waals surface area contributed by atoms with Gasteiger partial charge >= 0.3 is 24.7 Å². The number of primary sulfonamides is 4. The van der Waals surface area contributed by atoms with Crippen LogP contribution >= 0.6 is 0 Å². The zero-order chi connectivity index (χ0) is 93.4. The Balaban J connectivity index is 0.000000147. The predicted molar refractivity (Wildman–Crippen MR) is 454 cm³/mol. The van der Waals surface area contributed by atoms with Gasteiger partial charge in [0.2, 0.25) is 40.1 Å². The van der Waals surface area contributed by atoms with E-state index in [1.54, 1.807) is 93.0 Å². The van der Waals surface area contributed by atoms with E-state index in [9.17, 15) is 91.6 Å². The number of alkyl halides is 12. The summed E-state index contributed by atoms with van der Waals surface area (Å²) in [5.41, 5.74) is 9.36. The van der Waals surface area contributed by atoms with Crippen molar-refractivity contribution in [3.63, 3.8) is 0 Å². The number of halogens is 12. The number of nitrogens with zero attached hydrogens (tertiary/aromatic N) is 12. The molecule has 0 aliphatic rings. The number of sulfonamides is 4. The highest BCUT2D eigenvalue weighted by molar-refractivity contribution is 7.90. The van der Waals surface area contributed by atoms with Gasteiger partial charge in [-0.25, -0.2) is 73.0 Å². The SMILES string of the molecule is Cc1cc(-c2ccc(C)c(-c3cc(C(F)(F)F)nn3-c3ccc(S(N)(=O)=O)cc3)c2)ccn1.Cc1ccc(-c2cc[n+]([O-])cc2)cc1-c1cc(C(F)(F)F)nn1-c1ccc(S(N)(=O)=O)cc1.Cc1ccc(-c2ccn[nH]2)c(-c2cc(C(F)(F)F)nn2-c2ccc(S(N)(=O)=O)cc2)c1.Cc1ccc(-c2ccnc(-c3cc(C(F)(F)F)nn3-c3ccc(S(N)(=O)=O)cc3)c2)cc1. The van der Waals surface area contributed by atoms with E-state index >= 15 is 0 Å². The molecule has 664 valence electrons. The third kappa shape index (κ3) is 21.8. The molecule has 0 radical (unpaired) electrons. The van der Waals surface area contributed by atoms with Crippen molar-refractivity contribution in [2.75, 3.05) is 0 Å². The summed E-state index contributed by atoms with van der Waals surface area (Å²) in [7, 11) is -15.8. The first-order valence-electron chi connectivity index (χ1n) is 37.6. The minimum absolute atomic E-state index is 0.106. The Bertz CT molecular complexity index is 7340. The molecule has 0 unspecified atom stereocenters. The fourth-order valence-electron chi connectivity index (χ4n) is 13.2. The summed E-state index contributed by atoms with van der Waals surface area (Å²) < 4.78 is 259. The number of aromatic nitrogens is 13. The number of aromatic amines is 1. The highest BCUT2D eigenvalue weighted by atomic mass is 32.2. The molecular weight excluding hydrogens is 1780 g/mol. The van der Waals surface area contributed by atoms with E-state index in [-0.39, 0.29) is 70.8 Å². The number of hydrogen-bond acceptors (Lipinski definition) is 16. The molecule has 8 aromatic heterocycles. The largest absolute Gasteiger partial charge is 0.619 e. The van der Waals surface area contributed by atoms with Crippen molar-refractivity contribution in [1.82, 2.24) is 59.3 Å². The van der Waals surface area contributed by atoms with Gasteiger partial charge < -0.3 is 5.21 Å². The van der Waals surface area contributed by atoms with Crippen LogP contribution in [0.4, 0.5) is 52.7 Å². The van der Waals surface area contributed by atoms with E-state index in [2.05, 4.69) is 40.6 Å². The first-order valence-corrected chi connectivity index (χ1v) is 43.8. The number of hydrogen-bond donors (Lipinski definition) is 5. The van der Waals surface area contributed by atoms with Crippen LogP contribution in [0.3, 0.4) is 0 Å². The number of pyridine rings is 3. The van der Waals surface area contributed by atoms with Crippen LogP contribution in [0, 0.1) is 39.8 Å². The summed E-state index contributed by atoms with van der Waals surface area (Å²) in [6.07, 6.45) is -11.3. The van der Waals surface area contributed by atoms with Crippen LogP contribution in [0.5, 0.6) is 0 Å². The van der Waals surface area contributed by atoms with Crippen LogP contribution in [0.2, 0.25) is 0 Å². The zero-order valence-electron chi connectivity index (χ0n) is 67.5. The molecule has 0 saturated carbocycles. The summed E-state index contributed by atoms with van der Waals surface area (Å²) in [6, 6.07) is 60.2. The second kappa shape index (κ2) is 35.9. The van der Waals surface area contributed by atoms with Crippen molar-refractivity contribution in [1.29, 1.82) is 0 Å². The third-order valence-corrected chi connectivity index (χ3v) is 23.4. The lowest BCUT2D eigenvalue weighted by molar-refractivity contribution is -0.605. The van der Waals surface area contributed by atoms with Gasteiger partial charge in [0.05, 0.1) is 76.5 Å². The van der Waals surface area contributed by atoms with Gasteiger partial charge in [-0.15, -0.1) is 0 Å². The highest BCUT2D eigenvalue weighted by Crippen LogP contribution is 2.43. The van der Waals surface area contributed by atoms with Crippen molar-refractivity contribution in [3.8, 4) is 113 Å². The molecule has 0 spiro atoms. The third-order valence-electron chi connectivity index (χ3n) is 19.7. The van der Waals surface area contributed by atoms with E-state index in [0.717, 1.165) is 87.6 Å². The lowest BCUT2D eigenvalue weighted by atomic mass is 9.98. The Labute approximate surface area is 727 Å². The maximum absolute atomic E-state index is 13.5. The van der Waals surface area contributed by atoms with Gasteiger partial charge in [-0.05, 0) is 249 Å². The topological polar surface area (TPSA) is 393 Å². The van der Waals surface area contributed by atoms with Gasteiger partial charge in [0.25, 0.3) is 0 Å². The summed E-state index contributed by atoms with van der Waals surface area (Å²) in [5, 5.41) is 53.5. The van der Waals surface area contributed by atoms with Gasteiger partial charge in [0.1, 0.15) is 0 Å². The number of rotatable bonds is 16. The quantitative estimate of drug-likeness (QED) is 0.0341. The van der Waals surface area contributed by atoms with Crippen molar-refractivity contribution >= 4 is 40.1 Å². The number of nitrogens with two attached hydrogens (primary N) is 4. The Morgan fingerprint density at radius 1 is 0.318 bits per heavy atom.